The molecule has 0 N–H and O–H groups in total. The lowest BCUT2D eigenvalue weighted by molar-refractivity contribution is -0.161. The van der Waals surface area contributed by atoms with Crippen molar-refractivity contribution in [1.29, 1.82) is 0 Å². The lowest BCUT2D eigenvalue weighted by Crippen LogP contribution is -2.45. The zero-order chi connectivity index (χ0) is 37.3. The zero-order valence-corrected chi connectivity index (χ0v) is 38.3. The van der Waals surface area contributed by atoms with Crippen LogP contribution in [-0.2, 0) is 22.8 Å². The van der Waals surface area contributed by atoms with Gasteiger partial charge in [-0.1, -0.05) is 113 Å². The van der Waals surface area contributed by atoms with E-state index in [1.54, 1.807) is 0 Å². The van der Waals surface area contributed by atoms with Gasteiger partial charge in [0.25, 0.3) is 0 Å². The van der Waals surface area contributed by atoms with Crippen LogP contribution in [0.2, 0.25) is 54.4 Å². The van der Waals surface area contributed by atoms with Crippen LogP contribution in [0.4, 0.5) is 0 Å². The van der Waals surface area contributed by atoms with Crippen molar-refractivity contribution in [2.45, 2.75) is 212 Å². The van der Waals surface area contributed by atoms with Crippen molar-refractivity contribution in [3.8, 4) is 0 Å². The molecule has 2 aliphatic rings. The molecule has 5 nitrogen and oxygen atoms in total. The Bertz CT molecular complexity index is 1010. The molecule has 1 heterocycles. The van der Waals surface area contributed by atoms with Crippen LogP contribution in [0.25, 0.3) is 0 Å². The second-order valence-electron chi connectivity index (χ2n) is 19.8. The normalized spacial score (nSPS) is 25.9. The second kappa shape index (κ2) is 18.8. The van der Waals surface area contributed by atoms with Gasteiger partial charge in [-0.15, -0.1) is 0 Å². The van der Waals surface area contributed by atoms with Gasteiger partial charge in [-0.2, -0.15) is 0 Å². The predicted molar refractivity (Wildman–Crippen MR) is 219 cm³/mol. The summed E-state index contributed by atoms with van der Waals surface area (Å²) in [6, 6.07) is 0. The highest BCUT2D eigenvalue weighted by molar-refractivity contribution is 6.75. The molecule has 0 aromatic rings. The number of hydrogen-bond donors (Lipinski definition) is 0. The Balaban J connectivity index is 2.46. The van der Waals surface area contributed by atoms with E-state index in [1.807, 2.05) is 0 Å². The van der Waals surface area contributed by atoms with E-state index in [0.29, 0.717) is 12.5 Å². The Morgan fingerprint density at radius 1 is 0.755 bits per heavy atom. The third kappa shape index (κ3) is 14.0. The first-order valence-corrected chi connectivity index (χ1v) is 28.7. The highest BCUT2D eigenvalue weighted by Gasteiger charge is 2.50. The monoisotopic (exact) mass is 739 g/mol. The summed E-state index contributed by atoms with van der Waals surface area (Å²) in [5.41, 5.74) is 0. The number of rotatable bonds is 18. The molecule has 1 aliphatic carbocycles. The minimum atomic E-state index is -2.03. The van der Waals surface area contributed by atoms with Crippen LogP contribution in [0.15, 0.2) is 24.3 Å². The van der Waals surface area contributed by atoms with E-state index in [9.17, 15) is 0 Å². The number of ether oxygens (including phenoxy) is 2. The molecular weight excluding hydrogens is 657 g/mol. The topological polar surface area (TPSA) is 46.2 Å². The third-order valence-electron chi connectivity index (χ3n) is 12.6. The fourth-order valence-corrected chi connectivity index (χ4v) is 10.2. The maximum absolute atomic E-state index is 7.37. The van der Waals surface area contributed by atoms with Gasteiger partial charge in [0.2, 0.25) is 0 Å². The van der Waals surface area contributed by atoms with Crippen molar-refractivity contribution in [3.05, 3.63) is 24.3 Å². The van der Waals surface area contributed by atoms with Crippen molar-refractivity contribution in [2.75, 3.05) is 13.2 Å². The number of allylic oxidation sites excluding steroid dienone is 1. The van der Waals surface area contributed by atoms with Crippen LogP contribution < -0.4 is 0 Å². The Morgan fingerprint density at radius 2 is 1.35 bits per heavy atom. The summed E-state index contributed by atoms with van der Waals surface area (Å²) in [5.74, 6) is 0.625. The molecular formula is C41H82O5Si3. The Morgan fingerprint density at radius 3 is 1.88 bits per heavy atom. The molecule has 1 aliphatic heterocycles. The minimum absolute atomic E-state index is 0.0269. The zero-order valence-electron chi connectivity index (χ0n) is 35.3. The summed E-state index contributed by atoms with van der Waals surface area (Å²) < 4.78 is 33.7. The molecule has 0 spiro atoms. The highest BCUT2D eigenvalue weighted by atomic mass is 28.4. The van der Waals surface area contributed by atoms with Crippen LogP contribution in [0.1, 0.15) is 133 Å². The Hall–Kier alpha value is -0.0694. The molecule has 1 saturated carbocycles. The fraction of sp³-hybridized carbons (Fsp3) is 0.902. The maximum atomic E-state index is 7.37. The van der Waals surface area contributed by atoms with Crippen molar-refractivity contribution in [2.24, 2.45) is 11.8 Å². The first-order chi connectivity index (χ1) is 22.4. The van der Waals surface area contributed by atoms with Gasteiger partial charge in [-0.3, -0.25) is 0 Å². The van der Waals surface area contributed by atoms with Gasteiger partial charge in [0, 0.05) is 12.5 Å². The van der Waals surface area contributed by atoms with E-state index >= 15 is 0 Å². The molecule has 1 unspecified atom stereocenters. The lowest BCUT2D eigenvalue weighted by Gasteiger charge is -2.40. The summed E-state index contributed by atoms with van der Waals surface area (Å²) in [5, 5.41) is 0.468. The largest absolute Gasteiger partial charge is 0.414 e. The van der Waals surface area contributed by atoms with Crippen LogP contribution >= 0.6 is 0 Å². The van der Waals surface area contributed by atoms with Gasteiger partial charge in [0.15, 0.2) is 31.2 Å². The summed E-state index contributed by atoms with van der Waals surface area (Å²) >= 11 is 0. The first kappa shape index (κ1) is 45.1. The van der Waals surface area contributed by atoms with Gasteiger partial charge in [-0.25, -0.2) is 0 Å². The highest BCUT2D eigenvalue weighted by Crippen LogP contribution is 2.48. The van der Waals surface area contributed by atoms with E-state index in [2.05, 4.69) is 133 Å². The molecule has 8 heteroatoms. The maximum Gasteiger partial charge on any atom is 0.192 e. The minimum Gasteiger partial charge on any atom is -0.414 e. The Labute approximate surface area is 308 Å². The van der Waals surface area contributed by atoms with Crippen molar-refractivity contribution >= 4 is 25.0 Å². The van der Waals surface area contributed by atoms with E-state index in [0.717, 1.165) is 45.1 Å². The third-order valence-corrected chi connectivity index (χ3v) is 26.1. The molecule has 2 rings (SSSR count). The quantitative estimate of drug-likeness (QED) is 0.0796. The second-order valence-corrected chi connectivity index (χ2v) is 34.0. The van der Waals surface area contributed by atoms with E-state index in [1.165, 1.54) is 25.7 Å². The molecule has 0 aromatic carbocycles. The average Bonchev–Trinajstić information content (AvgIpc) is 3.25. The molecule has 0 bridgehead atoms. The predicted octanol–water partition coefficient (Wildman–Crippen LogP) is 12.8. The Kier molecular flexibility index (Phi) is 17.3. The molecule has 0 amide bonds. The molecule has 49 heavy (non-hydrogen) atoms. The number of hydrogen-bond acceptors (Lipinski definition) is 5. The van der Waals surface area contributed by atoms with Crippen molar-refractivity contribution in [3.63, 3.8) is 0 Å². The van der Waals surface area contributed by atoms with Crippen LogP contribution in [0, 0.1) is 11.8 Å². The van der Waals surface area contributed by atoms with Gasteiger partial charge < -0.3 is 22.8 Å². The molecule has 1 saturated heterocycles. The van der Waals surface area contributed by atoms with Crippen LogP contribution in [0.5, 0.6) is 0 Å². The van der Waals surface area contributed by atoms with Gasteiger partial charge in [-0.05, 0) is 105 Å². The van der Waals surface area contributed by atoms with Crippen molar-refractivity contribution in [1.82, 2.24) is 0 Å². The van der Waals surface area contributed by atoms with Gasteiger partial charge in [0.05, 0.1) is 24.9 Å². The standard InChI is InChI=1S/C41H82O5Si3/c1-17-18-20-25-33(44-47(11,12)39(2,3)4)28-29-35-34(26-21-19-23-30-42-38-27-22-24-31-43-38)36(45-48(13,14)40(5,6)7)32-37(35)46-49(15,16)41(8,9)10/h19,21,28-29,33-38H,17-18,20,22-27,30-32H2,1-16H3/b21-19-,29-28+/t33-,34-,35+,36-,37+,38?/m0/s1. The van der Waals surface area contributed by atoms with Crippen LogP contribution in [0.3, 0.4) is 0 Å². The summed E-state index contributed by atoms with van der Waals surface area (Å²) in [6.07, 6.45) is 21.1. The fourth-order valence-electron chi connectivity index (χ4n) is 6.11. The van der Waals surface area contributed by atoms with E-state index in [-0.39, 0.29) is 45.6 Å². The first-order valence-electron chi connectivity index (χ1n) is 20.0. The van der Waals surface area contributed by atoms with Gasteiger partial charge >= 0.3 is 0 Å². The van der Waals surface area contributed by atoms with E-state index in [4.69, 9.17) is 22.8 Å². The summed E-state index contributed by atoms with van der Waals surface area (Å²) in [4.78, 5) is 0. The molecule has 0 radical (unpaired) electrons. The summed E-state index contributed by atoms with van der Waals surface area (Å²) in [7, 11) is -5.98. The molecule has 2 fully saturated rings. The lowest BCUT2D eigenvalue weighted by atomic mass is 9.89. The number of unbranched alkanes of at least 4 members (excludes halogenated alkanes) is 2. The van der Waals surface area contributed by atoms with E-state index < -0.39 is 25.0 Å². The van der Waals surface area contributed by atoms with Crippen molar-refractivity contribution < 1.29 is 22.8 Å². The van der Waals surface area contributed by atoms with Gasteiger partial charge in [0.1, 0.15) is 0 Å². The molecule has 6 atom stereocenters. The molecule has 0 aromatic heterocycles. The van der Waals surface area contributed by atoms with Crippen LogP contribution in [-0.4, -0.2) is 62.8 Å². The summed E-state index contributed by atoms with van der Waals surface area (Å²) in [6.45, 7) is 39.5. The average molecular weight is 739 g/mol. The smallest absolute Gasteiger partial charge is 0.192 e. The SMILES string of the molecule is CCCCC[C@@H](/C=C/[C@@H]1[C@H](C/C=C\CCOC2CCCCO2)[C@@H](O[Si](C)(C)C(C)(C)C)C[C@H]1O[Si](C)(C)C(C)(C)C)O[Si](C)(C)C(C)(C)C. The molecule has 288 valence electrons.